The van der Waals surface area contributed by atoms with Crippen molar-refractivity contribution in [2.45, 2.75) is 19.3 Å². The Morgan fingerprint density at radius 3 is 1.61 bits per heavy atom. The summed E-state index contributed by atoms with van der Waals surface area (Å²) in [6.45, 7) is 0. The standard InChI is InChI=1S/C20H23N3/c21-17-5-1-15(2-6-17)13-20(11-9-19(23)10-12-20)14-16-3-7-18(22)8-4-16/h1-11H,12-14,21-23H2. The smallest absolute Gasteiger partial charge is 0.0314 e. The Bertz CT molecular complexity index is 677. The zero-order valence-corrected chi connectivity index (χ0v) is 13.2. The first-order valence-electron chi connectivity index (χ1n) is 7.88. The van der Waals surface area contributed by atoms with Crippen molar-refractivity contribution in [3.8, 4) is 0 Å². The number of nitrogens with two attached hydrogens (primary N) is 3. The highest BCUT2D eigenvalue weighted by molar-refractivity contribution is 5.42. The monoisotopic (exact) mass is 305 g/mol. The molecular formula is C20H23N3. The summed E-state index contributed by atoms with van der Waals surface area (Å²) < 4.78 is 0. The fourth-order valence-electron chi connectivity index (χ4n) is 3.14. The van der Waals surface area contributed by atoms with E-state index in [1.165, 1.54) is 11.1 Å². The summed E-state index contributed by atoms with van der Waals surface area (Å²) in [6.07, 6.45) is 9.25. The Morgan fingerprint density at radius 2 is 1.22 bits per heavy atom. The third-order valence-corrected chi connectivity index (χ3v) is 4.45. The van der Waals surface area contributed by atoms with E-state index in [0.29, 0.717) is 0 Å². The van der Waals surface area contributed by atoms with Gasteiger partial charge in [-0.1, -0.05) is 36.4 Å². The lowest BCUT2D eigenvalue weighted by atomic mass is 9.72. The average Bonchev–Trinajstić information content (AvgIpc) is 2.55. The van der Waals surface area contributed by atoms with Gasteiger partial charge in [-0.15, -0.1) is 0 Å². The van der Waals surface area contributed by atoms with Gasteiger partial charge in [-0.3, -0.25) is 0 Å². The highest BCUT2D eigenvalue weighted by Crippen LogP contribution is 2.37. The highest BCUT2D eigenvalue weighted by Gasteiger charge is 2.29. The molecule has 3 heteroatoms. The van der Waals surface area contributed by atoms with Crippen LogP contribution < -0.4 is 17.2 Å². The Labute approximate surface area is 137 Å². The lowest BCUT2D eigenvalue weighted by molar-refractivity contribution is 0.375. The van der Waals surface area contributed by atoms with Crippen LogP contribution in [0.15, 0.2) is 72.5 Å². The first-order chi connectivity index (χ1) is 11.0. The van der Waals surface area contributed by atoms with Gasteiger partial charge in [-0.25, -0.2) is 0 Å². The minimum atomic E-state index is 0.0368. The van der Waals surface area contributed by atoms with E-state index in [2.05, 4.69) is 36.4 Å². The number of hydrogen-bond donors (Lipinski definition) is 3. The molecule has 0 saturated heterocycles. The van der Waals surface area contributed by atoms with E-state index in [1.807, 2.05) is 30.3 Å². The van der Waals surface area contributed by atoms with Crippen LogP contribution in [0.1, 0.15) is 17.5 Å². The molecule has 3 rings (SSSR count). The van der Waals surface area contributed by atoms with Crippen LogP contribution in [-0.2, 0) is 12.8 Å². The molecule has 118 valence electrons. The van der Waals surface area contributed by atoms with Crippen LogP contribution in [0.25, 0.3) is 0 Å². The second-order valence-electron chi connectivity index (χ2n) is 6.44. The molecule has 0 atom stereocenters. The van der Waals surface area contributed by atoms with Gasteiger partial charge in [0.05, 0.1) is 0 Å². The minimum Gasteiger partial charge on any atom is -0.399 e. The van der Waals surface area contributed by atoms with Crippen molar-refractivity contribution in [3.63, 3.8) is 0 Å². The molecule has 0 aromatic heterocycles. The van der Waals surface area contributed by atoms with Crippen LogP contribution in [-0.4, -0.2) is 0 Å². The number of hydrogen-bond acceptors (Lipinski definition) is 3. The lowest BCUT2D eigenvalue weighted by Gasteiger charge is -2.32. The molecular weight excluding hydrogens is 282 g/mol. The maximum atomic E-state index is 5.92. The molecule has 0 radical (unpaired) electrons. The second-order valence-corrected chi connectivity index (χ2v) is 6.44. The first-order valence-corrected chi connectivity index (χ1v) is 7.88. The van der Waals surface area contributed by atoms with Gasteiger partial charge in [0, 0.05) is 22.5 Å². The summed E-state index contributed by atoms with van der Waals surface area (Å²) in [7, 11) is 0. The number of rotatable bonds is 4. The highest BCUT2D eigenvalue weighted by atomic mass is 14.6. The minimum absolute atomic E-state index is 0.0368. The van der Waals surface area contributed by atoms with Crippen LogP contribution in [0.5, 0.6) is 0 Å². The summed E-state index contributed by atoms with van der Waals surface area (Å²) in [5, 5.41) is 0. The average molecular weight is 305 g/mol. The number of nitrogen functional groups attached to an aromatic ring is 2. The van der Waals surface area contributed by atoms with Gasteiger partial charge >= 0.3 is 0 Å². The van der Waals surface area contributed by atoms with Crippen molar-refractivity contribution >= 4 is 11.4 Å². The molecule has 0 amide bonds. The van der Waals surface area contributed by atoms with Crippen LogP contribution in [0.4, 0.5) is 11.4 Å². The zero-order valence-electron chi connectivity index (χ0n) is 13.2. The molecule has 0 bridgehead atoms. The van der Waals surface area contributed by atoms with E-state index in [9.17, 15) is 0 Å². The first kappa shape index (κ1) is 15.2. The van der Waals surface area contributed by atoms with Crippen molar-refractivity contribution in [1.82, 2.24) is 0 Å². The summed E-state index contributed by atoms with van der Waals surface area (Å²) in [5.41, 5.74) is 22.6. The molecule has 0 saturated carbocycles. The fraction of sp³-hybridized carbons (Fsp3) is 0.200. The SMILES string of the molecule is NC1=CCC(Cc2ccc(N)cc2)(Cc2ccc(N)cc2)C=C1. The predicted octanol–water partition coefficient (Wildman–Crippen LogP) is 3.43. The molecule has 2 aromatic rings. The molecule has 6 N–H and O–H groups in total. The molecule has 3 nitrogen and oxygen atoms in total. The van der Waals surface area contributed by atoms with Crippen molar-refractivity contribution in [3.05, 3.63) is 83.6 Å². The van der Waals surface area contributed by atoms with Crippen molar-refractivity contribution in [2.75, 3.05) is 11.5 Å². The van der Waals surface area contributed by atoms with Crippen molar-refractivity contribution in [1.29, 1.82) is 0 Å². The number of allylic oxidation sites excluding steroid dienone is 3. The second kappa shape index (κ2) is 6.21. The Morgan fingerprint density at radius 1 is 0.739 bits per heavy atom. The Balaban J connectivity index is 1.86. The van der Waals surface area contributed by atoms with E-state index in [-0.39, 0.29) is 5.41 Å². The van der Waals surface area contributed by atoms with E-state index in [0.717, 1.165) is 36.3 Å². The molecule has 0 fully saturated rings. The van der Waals surface area contributed by atoms with Gasteiger partial charge in [0.2, 0.25) is 0 Å². The number of benzene rings is 2. The predicted molar refractivity (Wildman–Crippen MR) is 97.6 cm³/mol. The Hall–Kier alpha value is -2.68. The van der Waals surface area contributed by atoms with Gasteiger partial charge in [-0.2, -0.15) is 0 Å². The quantitative estimate of drug-likeness (QED) is 0.757. The van der Waals surface area contributed by atoms with Gasteiger partial charge in [0.1, 0.15) is 0 Å². The maximum absolute atomic E-state index is 5.92. The summed E-state index contributed by atoms with van der Waals surface area (Å²) in [4.78, 5) is 0. The molecule has 0 heterocycles. The summed E-state index contributed by atoms with van der Waals surface area (Å²) in [6, 6.07) is 16.3. The third kappa shape index (κ3) is 3.75. The maximum Gasteiger partial charge on any atom is 0.0314 e. The topological polar surface area (TPSA) is 78.1 Å². The summed E-state index contributed by atoms with van der Waals surface area (Å²) >= 11 is 0. The zero-order chi connectivity index (χ0) is 16.3. The molecule has 2 aromatic carbocycles. The van der Waals surface area contributed by atoms with Gasteiger partial charge in [0.25, 0.3) is 0 Å². The van der Waals surface area contributed by atoms with Crippen LogP contribution >= 0.6 is 0 Å². The molecule has 0 unspecified atom stereocenters. The van der Waals surface area contributed by atoms with Crippen LogP contribution in [0.3, 0.4) is 0 Å². The molecule has 0 aliphatic heterocycles. The van der Waals surface area contributed by atoms with E-state index < -0.39 is 0 Å². The van der Waals surface area contributed by atoms with Gasteiger partial charge in [0.15, 0.2) is 0 Å². The Kier molecular flexibility index (Phi) is 4.11. The van der Waals surface area contributed by atoms with Crippen molar-refractivity contribution < 1.29 is 0 Å². The van der Waals surface area contributed by atoms with Crippen LogP contribution in [0.2, 0.25) is 0 Å². The van der Waals surface area contributed by atoms with Crippen LogP contribution in [0, 0.1) is 5.41 Å². The van der Waals surface area contributed by atoms with E-state index in [4.69, 9.17) is 17.2 Å². The molecule has 0 spiro atoms. The van der Waals surface area contributed by atoms with E-state index in [1.54, 1.807) is 0 Å². The fourth-order valence-corrected chi connectivity index (χ4v) is 3.14. The number of anilines is 2. The van der Waals surface area contributed by atoms with Gasteiger partial charge in [-0.05, 0) is 60.7 Å². The largest absolute Gasteiger partial charge is 0.399 e. The summed E-state index contributed by atoms with van der Waals surface area (Å²) in [5.74, 6) is 0. The molecule has 23 heavy (non-hydrogen) atoms. The molecule has 1 aliphatic rings. The third-order valence-electron chi connectivity index (χ3n) is 4.45. The van der Waals surface area contributed by atoms with Crippen molar-refractivity contribution in [2.24, 2.45) is 11.1 Å². The normalized spacial score (nSPS) is 16.1. The molecule has 1 aliphatic carbocycles. The van der Waals surface area contributed by atoms with E-state index >= 15 is 0 Å². The van der Waals surface area contributed by atoms with Gasteiger partial charge < -0.3 is 17.2 Å². The lowest BCUT2D eigenvalue weighted by Crippen LogP contribution is -2.26.